The molecule has 1 aromatic rings. The van der Waals surface area contributed by atoms with Crippen molar-refractivity contribution < 1.29 is 0 Å². The highest BCUT2D eigenvalue weighted by molar-refractivity contribution is 9.10. The van der Waals surface area contributed by atoms with Crippen LogP contribution in [0.15, 0.2) is 28.7 Å². The van der Waals surface area contributed by atoms with Crippen molar-refractivity contribution in [3.63, 3.8) is 0 Å². The molecule has 0 spiro atoms. The zero-order valence-electron chi connectivity index (χ0n) is 8.24. The van der Waals surface area contributed by atoms with Crippen LogP contribution in [-0.4, -0.2) is 25.0 Å². The van der Waals surface area contributed by atoms with E-state index in [1.807, 2.05) is 0 Å². The van der Waals surface area contributed by atoms with E-state index in [-0.39, 0.29) is 17.0 Å². The monoisotopic (exact) mass is 322 g/mol. The van der Waals surface area contributed by atoms with Gasteiger partial charge in [-0.2, -0.15) is 0 Å². The van der Waals surface area contributed by atoms with Crippen LogP contribution >= 0.6 is 32.9 Å². The fourth-order valence-corrected chi connectivity index (χ4v) is 1.47. The Morgan fingerprint density at radius 3 is 2.36 bits per heavy atom. The summed E-state index contributed by atoms with van der Waals surface area (Å²) in [6, 6.07) is 8.37. The first-order valence-corrected chi connectivity index (χ1v) is 5.14. The SMILES string of the molecule is Br.CN(CCN)Cc1ccc(Br)cc1. The molecule has 0 aliphatic carbocycles. The van der Waals surface area contributed by atoms with Gasteiger partial charge in [0.25, 0.3) is 0 Å². The van der Waals surface area contributed by atoms with Crippen molar-refractivity contribution in [1.29, 1.82) is 0 Å². The van der Waals surface area contributed by atoms with Crippen LogP contribution in [0.2, 0.25) is 0 Å². The first-order valence-electron chi connectivity index (χ1n) is 4.35. The second-order valence-corrected chi connectivity index (χ2v) is 4.07. The summed E-state index contributed by atoms with van der Waals surface area (Å²) in [5.74, 6) is 0. The summed E-state index contributed by atoms with van der Waals surface area (Å²) >= 11 is 3.41. The molecule has 80 valence electrons. The highest BCUT2D eigenvalue weighted by Crippen LogP contribution is 2.11. The molecule has 0 heterocycles. The Kier molecular flexibility index (Phi) is 7.45. The van der Waals surface area contributed by atoms with Gasteiger partial charge in [-0.25, -0.2) is 0 Å². The predicted molar refractivity (Wildman–Crippen MR) is 69.9 cm³/mol. The number of hydrogen-bond acceptors (Lipinski definition) is 2. The van der Waals surface area contributed by atoms with Gasteiger partial charge in [-0.15, -0.1) is 17.0 Å². The lowest BCUT2D eigenvalue weighted by atomic mass is 10.2. The topological polar surface area (TPSA) is 29.3 Å². The van der Waals surface area contributed by atoms with Gasteiger partial charge in [0.15, 0.2) is 0 Å². The van der Waals surface area contributed by atoms with Gasteiger partial charge >= 0.3 is 0 Å². The van der Waals surface area contributed by atoms with E-state index in [0.717, 1.165) is 17.6 Å². The van der Waals surface area contributed by atoms with E-state index in [0.29, 0.717) is 6.54 Å². The average molecular weight is 324 g/mol. The molecule has 1 rings (SSSR count). The lowest BCUT2D eigenvalue weighted by molar-refractivity contribution is 0.336. The summed E-state index contributed by atoms with van der Waals surface area (Å²) in [7, 11) is 2.08. The average Bonchev–Trinajstić information content (AvgIpc) is 2.09. The van der Waals surface area contributed by atoms with Crippen LogP contribution in [-0.2, 0) is 6.54 Å². The van der Waals surface area contributed by atoms with Crippen molar-refractivity contribution in [2.24, 2.45) is 5.73 Å². The second kappa shape index (κ2) is 7.40. The van der Waals surface area contributed by atoms with Crippen molar-refractivity contribution in [3.05, 3.63) is 34.3 Å². The zero-order valence-corrected chi connectivity index (χ0v) is 11.5. The molecule has 0 fully saturated rings. The van der Waals surface area contributed by atoms with Gasteiger partial charge < -0.3 is 10.6 Å². The van der Waals surface area contributed by atoms with E-state index in [1.54, 1.807) is 0 Å². The van der Waals surface area contributed by atoms with E-state index in [9.17, 15) is 0 Å². The van der Waals surface area contributed by atoms with Gasteiger partial charge in [-0.05, 0) is 24.7 Å². The predicted octanol–water partition coefficient (Wildman–Crippen LogP) is 2.42. The minimum absolute atomic E-state index is 0. The quantitative estimate of drug-likeness (QED) is 0.922. The van der Waals surface area contributed by atoms with Gasteiger partial charge in [-0.3, -0.25) is 0 Å². The maximum atomic E-state index is 5.46. The molecule has 0 unspecified atom stereocenters. The minimum Gasteiger partial charge on any atom is -0.329 e. The number of halogens is 2. The summed E-state index contributed by atoms with van der Waals surface area (Å²) in [4.78, 5) is 2.21. The van der Waals surface area contributed by atoms with Gasteiger partial charge in [-0.1, -0.05) is 28.1 Å². The Morgan fingerprint density at radius 1 is 1.29 bits per heavy atom. The number of rotatable bonds is 4. The second-order valence-electron chi connectivity index (χ2n) is 3.15. The molecular weight excluding hydrogens is 308 g/mol. The van der Waals surface area contributed by atoms with Crippen LogP contribution in [0.3, 0.4) is 0 Å². The summed E-state index contributed by atoms with van der Waals surface area (Å²) in [5, 5.41) is 0. The maximum Gasteiger partial charge on any atom is 0.0231 e. The Labute approximate surface area is 104 Å². The third-order valence-corrected chi connectivity index (χ3v) is 2.41. The Morgan fingerprint density at radius 2 is 1.86 bits per heavy atom. The molecule has 2 N–H and O–H groups in total. The minimum atomic E-state index is 0. The number of nitrogens with two attached hydrogens (primary N) is 1. The molecule has 0 saturated heterocycles. The first-order chi connectivity index (χ1) is 6.22. The molecule has 0 aliphatic rings. The summed E-state index contributed by atoms with van der Waals surface area (Å²) in [6.07, 6.45) is 0. The summed E-state index contributed by atoms with van der Waals surface area (Å²) < 4.78 is 1.12. The molecule has 0 aliphatic heterocycles. The normalized spacial score (nSPS) is 10.0. The molecule has 0 aromatic heterocycles. The molecule has 2 nitrogen and oxygen atoms in total. The number of nitrogens with zero attached hydrogens (tertiary/aromatic N) is 1. The number of hydrogen-bond donors (Lipinski definition) is 1. The van der Waals surface area contributed by atoms with Crippen molar-refractivity contribution >= 4 is 32.9 Å². The Hall–Kier alpha value is 0.100. The van der Waals surface area contributed by atoms with Crippen LogP contribution in [0.1, 0.15) is 5.56 Å². The van der Waals surface area contributed by atoms with Crippen LogP contribution in [0, 0.1) is 0 Å². The molecule has 0 amide bonds. The van der Waals surface area contributed by atoms with Crippen LogP contribution in [0.4, 0.5) is 0 Å². The molecule has 14 heavy (non-hydrogen) atoms. The van der Waals surface area contributed by atoms with Crippen molar-refractivity contribution in [2.75, 3.05) is 20.1 Å². The summed E-state index contributed by atoms with van der Waals surface area (Å²) in [6.45, 7) is 2.62. The van der Waals surface area contributed by atoms with Crippen LogP contribution in [0.25, 0.3) is 0 Å². The van der Waals surface area contributed by atoms with E-state index in [1.165, 1.54) is 5.56 Å². The fourth-order valence-electron chi connectivity index (χ4n) is 1.20. The van der Waals surface area contributed by atoms with Crippen LogP contribution < -0.4 is 5.73 Å². The van der Waals surface area contributed by atoms with Gasteiger partial charge in [0.2, 0.25) is 0 Å². The fraction of sp³-hybridized carbons (Fsp3) is 0.400. The zero-order chi connectivity index (χ0) is 9.68. The third kappa shape index (κ3) is 5.10. The van der Waals surface area contributed by atoms with E-state index < -0.39 is 0 Å². The first kappa shape index (κ1) is 14.1. The number of benzene rings is 1. The molecule has 0 saturated carbocycles. The lowest BCUT2D eigenvalue weighted by Crippen LogP contribution is -2.24. The van der Waals surface area contributed by atoms with Crippen LogP contribution in [0.5, 0.6) is 0 Å². The van der Waals surface area contributed by atoms with E-state index in [2.05, 4.69) is 52.1 Å². The van der Waals surface area contributed by atoms with E-state index in [4.69, 9.17) is 5.73 Å². The highest BCUT2D eigenvalue weighted by Gasteiger charge is 1.98. The number of likely N-dealkylation sites (N-methyl/N-ethyl adjacent to an activating group) is 1. The molecule has 1 aromatic carbocycles. The van der Waals surface area contributed by atoms with Gasteiger partial charge in [0.1, 0.15) is 0 Å². The highest BCUT2D eigenvalue weighted by atomic mass is 79.9. The van der Waals surface area contributed by atoms with Gasteiger partial charge in [0, 0.05) is 24.1 Å². The third-order valence-electron chi connectivity index (χ3n) is 1.88. The standard InChI is InChI=1S/C10H15BrN2.BrH/c1-13(7-6-12)8-9-2-4-10(11)5-3-9;/h2-5H,6-8,12H2,1H3;1H. The van der Waals surface area contributed by atoms with Crippen molar-refractivity contribution in [2.45, 2.75) is 6.54 Å². The summed E-state index contributed by atoms with van der Waals surface area (Å²) in [5.41, 5.74) is 6.78. The van der Waals surface area contributed by atoms with E-state index >= 15 is 0 Å². The maximum absolute atomic E-state index is 5.46. The van der Waals surface area contributed by atoms with Crippen molar-refractivity contribution in [1.82, 2.24) is 4.90 Å². The molecule has 4 heteroatoms. The molecule has 0 radical (unpaired) electrons. The molecule has 0 atom stereocenters. The largest absolute Gasteiger partial charge is 0.329 e. The molecule has 0 bridgehead atoms. The Bertz CT molecular complexity index is 249. The lowest BCUT2D eigenvalue weighted by Gasteiger charge is -2.15. The van der Waals surface area contributed by atoms with Gasteiger partial charge in [0.05, 0.1) is 0 Å². The molecular formula is C10H16Br2N2. The smallest absolute Gasteiger partial charge is 0.0231 e. The Balaban J connectivity index is 0.00000169. The van der Waals surface area contributed by atoms with Crippen molar-refractivity contribution in [3.8, 4) is 0 Å².